The molecule has 7 nitrogen and oxygen atoms in total. The summed E-state index contributed by atoms with van der Waals surface area (Å²) in [5.41, 5.74) is 11.8. The van der Waals surface area contributed by atoms with E-state index in [9.17, 15) is 9.59 Å². The predicted octanol–water partition coefficient (Wildman–Crippen LogP) is 3.11. The van der Waals surface area contributed by atoms with Crippen LogP contribution in [0.4, 0.5) is 17.1 Å². The van der Waals surface area contributed by atoms with Crippen molar-refractivity contribution in [1.82, 2.24) is 9.80 Å². The highest BCUT2D eigenvalue weighted by molar-refractivity contribution is 5.98. The van der Waals surface area contributed by atoms with Crippen molar-refractivity contribution in [3.63, 3.8) is 0 Å². The minimum atomic E-state index is 0.0402. The number of hydrogen-bond acceptors (Lipinski definition) is 5. The molecule has 7 heteroatoms. The van der Waals surface area contributed by atoms with Crippen molar-refractivity contribution in [2.75, 3.05) is 55.6 Å². The molecule has 0 radical (unpaired) electrons. The quantitative estimate of drug-likeness (QED) is 0.416. The molecule has 1 fully saturated rings. The molecule has 0 bridgehead atoms. The van der Waals surface area contributed by atoms with Gasteiger partial charge in [-0.05, 0) is 55.5 Å². The standard InChI is InChI=1S/C25H33N5O2/c1-18-6-2-3-7-22(18)27-10-11-28-23-16-19-9-15-30(25(32)20(19)17-21(23)26)14-5-13-29-12-4-8-24(29)31/h2-3,6-7,16-17,27-28H,4-5,8-15,26H2,1H3. The molecule has 0 saturated carbocycles. The van der Waals surface area contributed by atoms with Crippen LogP contribution in [0.2, 0.25) is 0 Å². The molecule has 170 valence electrons. The van der Waals surface area contributed by atoms with Crippen molar-refractivity contribution >= 4 is 28.9 Å². The highest BCUT2D eigenvalue weighted by Crippen LogP contribution is 2.28. The fourth-order valence-electron chi connectivity index (χ4n) is 4.52. The molecule has 2 aromatic rings. The molecule has 1 saturated heterocycles. The van der Waals surface area contributed by atoms with E-state index in [1.807, 2.05) is 34.1 Å². The number of likely N-dealkylation sites (tertiary alicyclic amines) is 1. The molecule has 4 rings (SSSR count). The Kier molecular flexibility index (Phi) is 6.83. The third-order valence-corrected chi connectivity index (χ3v) is 6.37. The van der Waals surface area contributed by atoms with E-state index in [1.165, 1.54) is 5.56 Å². The van der Waals surface area contributed by atoms with Crippen molar-refractivity contribution in [3.8, 4) is 0 Å². The lowest BCUT2D eigenvalue weighted by Crippen LogP contribution is -2.39. The Morgan fingerprint density at radius 1 is 0.938 bits per heavy atom. The maximum absolute atomic E-state index is 13.0. The average molecular weight is 436 g/mol. The number of rotatable bonds is 9. The van der Waals surface area contributed by atoms with E-state index in [4.69, 9.17) is 5.73 Å². The van der Waals surface area contributed by atoms with Gasteiger partial charge in [-0.2, -0.15) is 0 Å². The fraction of sp³-hybridized carbons (Fsp3) is 0.440. The Bertz CT molecular complexity index is 990. The number of amides is 2. The van der Waals surface area contributed by atoms with Crippen LogP contribution in [0.15, 0.2) is 36.4 Å². The molecule has 0 aromatic heterocycles. The number of carbonyl (C=O) groups excluding carboxylic acids is 2. The Balaban J connectivity index is 1.29. The zero-order chi connectivity index (χ0) is 22.5. The molecular formula is C25H33N5O2. The zero-order valence-electron chi connectivity index (χ0n) is 18.8. The lowest BCUT2D eigenvalue weighted by Gasteiger charge is -2.30. The van der Waals surface area contributed by atoms with Crippen LogP contribution in [-0.2, 0) is 11.2 Å². The second-order valence-electron chi connectivity index (χ2n) is 8.65. The van der Waals surface area contributed by atoms with Crippen molar-refractivity contribution in [3.05, 3.63) is 53.1 Å². The van der Waals surface area contributed by atoms with Crippen LogP contribution in [-0.4, -0.2) is 60.9 Å². The number of benzene rings is 2. The molecule has 0 spiro atoms. The number of para-hydroxylation sites is 1. The first-order valence-electron chi connectivity index (χ1n) is 11.6. The SMILES string of the molecule is Cc1ccccc1NCCNc1cc2c(cc1N)C(=O)N(CCCN1CCCC1=O)CC2. The van der Waals surface area contributed by atoms with Gasteiger partial charge >= 0.3 is 0 Å². The summed E-state index contributed by atoms with van der Waals surface area (Å²) in [4.78, 5) is 28.5. The van der Waals surface area contributed by atoms with Crippen molar-refractivity contribution < 1.29 is 9.59 Å². The molecule has 0 unspecified atom stereocenters. The molecule has 2 aliphatic heterocycles. The Hall–Kier alpha value is -3.22. The summed E-state index contributed by atoms with van der Waals surface area (Å²) in [5, 5.41) is 6.83. The number of anilines is 3. The number of aryl methyl sites for hydroxylation is 1. The van der Waals surface area contributed by atoms with E-state index in [2.05, 4.69) is 29.7 Å². The minimum absolute atomic E-state index is 0.0402. The number of nitrogen functional groups attached to an aromatic ring is 1. The van der Waals surface area contributed by atoms with Gasteiger partial charge in [0.1, 0.15) is 0 Å². The van der Waals surface area contributed by atoms with E-state index < -0.39 is 0 Å². The van der Waals surface area contributed by atoms with Gasteiger partial charge < -0.3 is 26.2 Å². The molecule has 4 N–H and O–H groups in total. The van der Waals surface area contributed by atoms with E-state index in [1.54, 1.807) is 0 Å². The van der Waals surface area contributed by atoms with Crippen molar-refractivity contribution in [1.29, 1.82) is 0 Å². The first-order valence-corrected chi connectivity index (χ1v) is 11.6. The van der Waals surface area contributed by atoms with E-state index >= 15 is 0 Å². The highest BCUT2D eigenvalue weighted by atomic mass is 16.2. The van der Waals surface area contributed by atoms with Crippen LogP contribution >= 0.6 is 0 Å². The van der Waals surface area contributed by atoms with Crippen LogP contribution in [0.25, 0.3) is 0 Å². The summed E-state index contributed by atoms with van der Waals surface area (Å²) in [5.74, 6) is 0.278. The van der Waals surface area contributed by atoms with Gasteiger partial charge in [0.05, 0.1) is 11.4 Å². The van der Waals surface area contributed by atoms with Crippen LogP contribution in [0.5, 0.6) is 0 Å². The highest BCUT2D eigenvalue weighted by Gasteiger charge is 2.26. The van der Waals surface area contributed by atoms with Crippen molar-refractivity contribution in [2.24, 2.45) is 0 Å². The Morgan fingerprint density at radius 2 is 1.69 bits per heavy atom. The number of nitrogens with one attached hydrogen (secondary N) is 2. The summed E-state index contributed by atoms with van der Waals surface area (Å²) in [6.45, 7) is 6.55. The lowest BCUT2D eigenvalue weighted by molar-refractivity contribution is -0.127. The minimum Gasteiger partial charge on any atom is -0.397 e. The van der Waals surface area contributed by atoms with Crippen molar-refractivity contribution in [2.45, 2.75) is 32.6 Å². The van der Waals surface area contributed by atoms with E-state index in [0.717, 1.165) is 62.4 Å². The molecule has 2 amide bonds. The number of fused-ring (bicyclic) bond motifs is 1. The molecule has 2 aliphatic rings. The number of nitrogens with two attached hydrogens (primary N) is 1. The van der Waals surface area contributed by atoms with Gasteiger partial charge in [0.2, 0.25) is 5.91 Å². The first-order chi connectivity index (χ1) is 15.5. The van der Waals surface area contributed by atoms with Gasteiger partial charge in [-0.1, -0.05) is 18.2 Å². The van der Waals surface area contributed by atoms with Crippen LogP contribution in [0, 0.1) is 6.92 Å². The summed E-state index contributed by atoms with van der Waals surface area (Å²) in [7, 11) is 0. The van der Waals surface area contributed by atoms with Crippen LogP contribution in [0.3, 0.4) is 0 Å². The van der Waals surface area contributed by atoms with Crippen LogP contribution in [0.1, 0.15) is 40.7 Å². The van der Waals surface area contributed by atoms with E-state index in [-0.39, 0.29) is 11.8 Å². The lowest BCUT2D eigenvalue weighted by atomic mass is 9.97. The summed E-state index contributed by atoms with van der Waals surface area (Å²) in [6.07, 6.45) is 3.25. The summed E-state index contributed by atoms with van der Waals surface area (Å²) in [6, 6.07) is 12.0. The number of nitrogens with zero attached hydrogens (tertiary/aromatic N) is 2. The third-order valence-electron chi connectivity index (χ3n) is 6.37. The maximum atomic E-state index is 13.0. The third kappa shape index (κ3) is 4.98. The van der Waals surface area contributed by atoms with Gasteiger partial charge in [-0.3, -0.25) is 9.59 Å². The molecule has 0 atom stereocenters. The average Bonchev–Trinajstić information content (AvgIpc) is 3.19. The zero-order valence-corrected chi connectivity index (χ0v) is 18.8. The molecule has 2 aromatic carbocycles. The van der Waals surface area contributed by atoms with Gasteiger partial charge in [-0.15, -0.1) is 0 Å². The molecule has 0 aliphatic carbocycles. The predicted molar refractivity (Wildman–Crippen MR) is 129 cm³/mol. The molecular weight excluding hydrogens is 402 g/mol. The normalized spacial score (nSPS) is 15.8. The number of hydrogen-bond donors (Lipinski definition) is 3. The Labute approximate surface area is 190 Å². The molecule has 2 heterocycles. The van der Waals surface area contributed by atoms with Gasteiger partial charge in [-0.25, -0.2) is 0 Å². The summed E-state index contributed by atoms with van der Waals surface area (Å²) < 4.78 is 0. The smallest absolute Gasteiger partial charge is 0.254 e. The second kappa shape index (κ2) is 9.94. The molecule has 32 heavy (non-hydrogen) atoms. The summed E-state index contributed by atoms with van der Waals surface area (Å²) >= 11 is 0. The van der Waals surface area contributed by atoms with Gasteiger partial charge in [0.15, 0.2) is 0 Å². The second-order valence-corrected chi connectivity index (χ2v) is 8.65. The monoisotopic (exact) mass is 435 g/mol. The Morgan fingerprint density at radius 3 is 2.44 bits per heavy atom. The first kappa shape index (κ1) is 22.0. The topological polar surface area (TPSA) is 90.7 Å². The van der Waals surface area contributed by atoms with E-state index in [0.29, 0.717) is 30.8 Å². The largest absolute Gasteiger partial charge is 0.397 e. The van der Waals surface area contributed by atoms with Gasteiger partial charge in [0, 0.05) is 56.9 Å². The van der Waals surface area contributed by atoms with Crippen LogP contribution < -0.4 is 16.4 Å². The number of carbonyl (C=O) groups is 2. The fourth-order valence-corrected chi connectivity index (χ4v) is 4.52. The maximum Gasteiger partial charge on any atom is 0.254 e. The van der Waals surface area contributed by atoms with Gasteiger partial charge in [0.25, 0.3) is 5.91 Å².